The number of ether oxygens (including phenoxy) is 1. The van der Waals surface area contributed by atoms with Crippen molar-refractivity contribution in [1.82, 2.24) is 0 Å². The fraction of sp³-hybridized carbons (Fsp3) is 0.0800. The van der Waals surface area contributed by atoms with Crippen molar-refractivity contribution in [2.75, 3.05) is 16.8 Å². The van der Waals surface area contributed by atoms with Crippen molar-refractivity contribution in [3.63, 3.8) is 0 Å². The maximum absolute atomic E-state index is 13.0. The van der Waals surface area contributed by atoms with Gasteiger partial charge in [0.2, 0.25) is 0 Å². The van der Waals surface area contributed by atoms with Crippen LogP contribution in [0.1, 0.15) is 11.1 Å². The molecule has 4 rings (SSSR count). The quantitative estimate of drug-likeness (QED) is 0.284. The third-order valence-corrected chi connectivity index (χ3v) is 6.93. The summed E-state index contributed by atoms with van der Waals surface area (Å²) in [6.07, 6.45) is 1.76. The number of benzene rings is 3. The van der Waals surface area contributed by atoms with Crippen LogP contribution in [0.3, 0.4) is 0 Å². The summed E-state index contributed by atoms with van der Waals surface area (Å²) in [5.74, 6) is -0.0754. The summed E-state index contributed by atoms with van der Waals surface area (Å²) in [5.41, 5.74) is 2.95. The minimum Gasteiger partial charge on any atom is -0.484 e. The second-order valence-corrected chi connectivity index (χ2v) is 9.83. The zero-order valence-electron chi connectivity index (χ0n) is 17.9. The van der Waals surface area contributed by atoms with Gasteiger partial charge in [0.25, 0.3) is 11.8 Å². The molecule has 0 saturated carbocycles. The summed E-state index contributed by atoms with van der Waals surface area (Å²) in [4.78, 5) is 27.3. The van der Waals surface area contributed by atoms with Crippen molar-refractivity contribution in [1.29, 1.82) is 0 Å². The van der Waals surface area contributed by atoms with Gasteiger partial charge in [0.05, 0.1) is 26.3 Å². The Bertz CT molecular complexity index is 1330. The SMILES string of the molecule is Cc1cccc(N2C(=O)/C(=C/c3cccc(OCC(=O)Nc4cccc(Cl)c4Cl)c3)SC2=S)c1. The van der Waals surface area contributed by atoms with Crippen LogP contribution in [0, 0.1) is 6.92 Å². The Morgan fingerprint density at radius 2 is 1.88 bits per heavy atom. The molecule has 0 aromatic heterocycles. The Morgan fingerprint density at radius 1 is 1.12 bits per heavy atom. The summed E-state index contributed by atoms with van der Waals surface area (Å²) in [6.45, 7) is 1.74. The first-order valence-corrected chi connectivity index (χ1v) is 12.1. The highest BCUT2D eigenvalue weighted by atomic mass is 35.5. The second kappa shape index (κ2) is 10.6. The molecule has 1 fully saturated rings. The Kier molecular flexibility index (Phi) is 7.58. The van der Waals surface area contributed by atoms with E-state index in [1.165, 1.54) is 16.7 Å². The Labute approximate surface area is 216 Å². The summed E-state index contributed by atoms with van der Waals surface area (Å²) in [5, 5.41) is 3.28. The number of anilines is 2. The first-order chi connectivity index (χ1) is 16.3. The number of aryl methyl sites for hydroxylation is 1. The molecule has 0 aliphatic carbocycles. The molecule has 34 heavy (non-hydrogen) atoms. The molecule has 0 unspecified atom stereocenters. The lowest BCUT2D eigenvalue weighted by Gasteiger charge is -2.14. The number of halogens is 2. The van der Waals surface area contributed by atoms with Gasteiger partial charge < -0.3 is 10.1 Å². The standard InChI is InChI=1S/C25H18Cl2N2O3S2/c1-15-5-2-7-17(11-15)29-24(31)21(34-25(29)33)13-16-6-3-8-18(12-16)32-14-22(30)28-20-10-4-9-19(26)23(20)27/h2-13H,14H2,1H3,(H,28,30)/b21-13-. The van der Waals surface area contributed by atoms with E-state index in [-0.39, 0.29) is 23.4 Å². The maximum Gasteiger partial charge on any atom is 0.270 e. The van der Waals surface area contributed by atoms with Crippen molar-refractivity contribution in [2.45, 2.75) is 6.92 Å². The fourth-order valence-electron chi connectivity index (χ4n) is 3.24. The average molecular weight is 529 g/mol. The number of carbonyl (C=O) groups excluding carboxylic acids is 2. The van der Waals surface area contributed by atoms with E-state index in [1.807, 2.05) is 37.3 Å². The van der Waals surface area contributed by atoms with E-state index in [4.69, 9.17) is 40.2 Å². The van der Waals surface area contributed by atoms with E-state index < -0.39 is 0 Å². The van der Waals surface area contributed by atoms with Gasteiger partial charge in [-0.2, -0.15) is 0 Å². The molecule has 5 nitrogen and oxygen atoms in total. The summed E-state index contributed by atoms with van der Waals surface area (Å²) in [7, 11) is 0. The molecule has 0 bridgehead atoms. The van der Waals surface area contributed by atoms with Crippen LogP contribution in [0.2, 0.25) is 10.0 Å². The Balaban J connectivity index is 1.43. The zero-order chi connectivity index (χ0) is 24.2. The van der Waals surface area contributed by atoms with Crippen LogP contribution in [0.15, 0.2) is 71.6 Å². The fourth-order valence-corrected chi connectivity index (χ4v) is 4.89. The average Bonchev–Trinajstić information content (AvgIpc) is 3.08. The minimum absolute atomic E-state index is 0.176. The summed E-state index contributed by atoms with van der Waals surface area (Å²) >= 11 is 18.8. The molecule has 1 aliphatic rings. The van der Waals surface area contributed by atoms with Gasteiger partial charge in [-0.1, -0.05) is 77.5 Å². The van der Waals surface area contributed by atoms with Gasteiger partial charge >= 0.3 is 0 Å². The molecular formula is C25H18Cl2N2O3S2. The van der Waals surface area contributed by atoms with Crippen molar-refractivity contribution in [3.05, 3.63) is 92.8 Å². The highest BCUT2D eigenvalue weighted by Gasteiger charge is 2.33. The molecule has 1 aliphatic heterocycles. The van der Waals surface area contributed by atoms with E-state index in [0.717, 1.165) is 16.8 Å². The first kappa shape index (κ1) is 24.3. The third-order valence-electron chi connectivity index (χ3n) is 4.81. The number of amides is 2. The van der Waals surface area contributed by atoms with E-state index in [1.54, 1.807) is 42.5 Å². The lowest BCUT2D eigenvalue weighted by Crippen LogP contribution is -2.27. The largest absolute Gasteiger partial charge is 0.484 e. The number of thiocarbonyl (C=S) groups is 1. The Hall–Kier alpha value is -2.84. The zero-order valence-corrected chi connectivity index (χ0v) is 21.0. The summed E-state index contributed by atoms with van der Waals surface area (Å²) in [6, 6.07) is 19.7. The molecule has 3 aromatic rings. The Morgan fingerprint density at radius 3 is 2.68 bits per heavy atom. The van der Waals surface area contributed by atoms with Crippen LogP contribution >= 0.6 is 47.2 Å². The van der Waals surface area contributed by atoms with Gasteiger partial charge in [-0.15, -0.1) is 0 Å². The van der Waals surface area contributed by atoms with Crippen LogP contribution in [0.4, 0.5) is 11.4 Å². The van der Waals surface area contributed by atoms with Crippen molar-refractivity contribution >= 4 is 80.8 Å². The topological polar surface area (TPSA) is 58.6 Å². The van der Waals surface area contributed by atoms with E-state index >= 15 is 0 Å². The van der Waals surface area contributed by atoms with E-state index in [2.05, 4.69) is 5.32 Å². The number of carbonyl (C=O) groups is 2. The van der Waals surface area contributed by atoms with Crippen LogP contribution in [-0.2, 0) is 9.59 Å². The third kappa shape index (κ3) is 5.62. The molecule has 0 radical (unpaired) electrons. The van der Waals surface area contributed by atoms with Crippen LogP contribution in [-0.4, -0.2) is 22.7 Å². The molecule has 1 N–H and O–H groups in total. The number of nitrogens with one attached hydrogen (secondary N) is 1. The molecule has 2 amide bonds. The van der Waals surface area contributed by atoms with Gasteiger partial charge in [-0.25, -0.2) is 0 Å². The second-order valence-electron chi connectivity index (χ2n) is 7.37. The van der Waals surface area contributed by atoms with Crippen molar-refractivity contribution < 1.29 is 14.3 Å². The molecule has 0 atom stereocenters. The molecule has 1 heterocycles. The van der Waals surface area contributed by atoms with Crippen LogP contribution in [0.5, 0.6) is 5.75 Å². The van der Waals surface area contributed by atoms with Crippen molar-refractivity contribution in [2.24, 2.45) is 0 Å². The van der Waals surface area contributed by atoms with Gasteiger partial charge in [-0.3, -0.25) is 14.5 Å². The van der Waals surface area contributed by atoms with Crippen LogP contribution in [0.25, 0.3) is 6.08 Å². The molecule has 1 saturated heterocycles. The van der Waals surface area contributed by atoms with E-state index in [0.29, 0.717) is 25.7 Å². The van der Waals surface area contributed by atoms with Crippen LogP contribution < -0.4 is 15.0 Å². The number of hydrogen-bond acceptors (Lipinski definition) is 5. The molecule has 3 aromatic carbocycles. The molecule has 9 heteroatoms. The van der Waals surface area contributed by atoms with Crippen molar-refractivity contribution in [3.8, 4) is 5.75 Å². The normalized spacial score (nSPS) is 14.6. The first-order valence-electron chi connectivity index (χ1n) is 10.1. The molecular weight excluding hydrogens is 511 g/mol. The van der Waals surface area contributed by atoms with Gasteiger partial charge in [0, 0.05) is 0 Å². The van der Waals surface area contributed by atoms with Gasteiger partial charge in [0.15, 0.2) is 10.9 Å². The number of thioether (sulfide) groups is 1. The predicted octanol–water partition coefficient (Wildman–Crippen LogP) is 6.73. The lowest BCUT2D eigenvalue weighted by atomic mass is 10.2. The smallest absolute Gasteiger partial charge is 0.270 e. The van der Waals surface area contributed by atoms with Gasteiger partial charge in [0.1, 0.15) is 5.75 Å². The number of rotatable bonds is 6. The van der Waals surface area contributed by atoms with Gasteiger partial charge in [-0.05, 0) is 60.5 Å². The predicted molar refractivity (Wildman–Crippen MR) is 144 cm³/mol. The number of nitrogens with zero attached hydrogens (tertiary/aromatic N) is 1. The highest BCUT2D eigenvalue weighted by molar-refractivity contribution is 8.27. The van der Waals surface area contributed by atoms with E-state index in [9.17, 15) is 9.59 Å². The molecule has 0 spiro atoms. The maximum atomic E-state index is 13.0. The summed E-state index contributed by atoms with van der Waals surface area (Å²) < 4.78 is 6.10. The number of hydrogen-bond donors (Lipinski definition) is 1. The monoisotopic (exact) mass is 528 g/mol. The minimum atomic E-state index is -0.381. The highest BCUT2D eigenvalue weighted by Crippen LogP contribution is 2.36. The lowest BCUT2D eigenvalue weighted by molar-refractivity contribution is -0.118. The molecule has 172 valence electrons.